The van der Waals surface area contributed by atoms with Gasteiger partial charge in [-0.25, -0.2) is 4.39 Å². The minimum atomic E-state index is -0.429. The molecule has 1 aliphatic carbocycles. The van der Waals surface area contributed by atoms with Gasteiger partial charge in [-0.05, 0) is 56.2 Å². The highest BCUT2D eigenvalue weighted by Crippen LogP contribution is 2.30. The Balaban J connectivity index is 1.38. The molecule has 2 aliphatic rings. The van der Waals surface area contributed by atoms with Crippen LogP contribution in [-0.4, -0.2) is 48.7 Å². The van der Waals surface area contributed by atoms with Crippen molar-refractivity contribution in [3.8, 4) is 0 Å². The normalized spacial score (nSPS) is 16.3. The van der Waals surface area contributed by atoms with E-state index in [1.54, 1.807) is 41.3 Å². The standard InChI is InChI=1S/C23H24FN3O3/c1-15(28)17-7-8-21(20(24)14-17)26-9-11-27(12-10-26)23(30)18-3-2-4-19(13-18)25-22(29)16-5-6-16/h2-4,7-8,13-14,16H,5-6,9-12H2,1H3,(H,25,29). The molecule has 2 aromatic carbocycles. The van der Waals surface area contributed by atoms with Crippen LogP contribution in [0.3, 0.4) is 0 Å². The highest BCUT2D eigenvalue weighted by molar-refractivity contribution is 5.98. The van der Waals surface area contributed by atoms with Gasteiger partial charge in [-0.3, -0.25) is 14.4 Å². The third-order valence-corrected chi connectivity index (χ3v) is 5.59. The first kappa shape index (κ1) is 20.1. The molecule has 4 rings (SSSR count). The van der Waals surface area contributed by atoms with Gasteiger partial charge in [-0.1, -0.05) is 6.07 Å². The van der Waals surface area contributed by atoms with Crippen molar-refractivity contribution in [2.24, 2.45) is 5.92 Å². The Morgan fingerprint density at radius 1 is 0.967 bits per heavy atom. The molecule has 7 heteroatoms. The Morgan fingerprint density at radius 3 is 2.33 bits per heavy atom. The number of hydrogen-bond acceptors (Lipinski definition) is 4. The summed E-state index contributed by atoms with van der Waals surface area (Å²) in [5, 5.41) is 2.87. The zero-order chi connectivity index (χ0) is 21.3. The Hall–Kier alpha value is -3.22. The average molecular weight is 409 g/mol. The quantitative estimate of drug-likeness (QED) is 0.769. The van der Waals surface area contributed by atoms with E-state index in [-0.39, 0.29) is 23.5 Å². The zero-order valence-corrected chi connectivity index (χ0v) is 16.9. The van der Waals surface area contributed by atoms with Crippen LogP contribution in [0.5, 0.6) is 0 Å². The molecular weight excluding hydrogens is 385 g/mol. The number of rotatable bonds is 5. The predicted molar refractivity (Wildman–Crippen MR) is 112 cm³/mol. The van der Waals surface area contributed by atoms with Gasteiger partial charge >= 0.3 is 0 Å². The lowest BCUT2D eigenvalue weighted by atomic mass is 10.1. The Labute approximate surface area is 174 Å². The van der Waals surface area contributed by atoms with Gasteiger partial charge in [0.15, 0.2) is 5.78 Å². The van der Waals surface area contributed by atoms with Crippen molar-refractivity contribution in [2.45, 2.75) is 19.8 Å². The van der Waals surface area contributed by atoms with Crippen LogP contribution in [0, 0.1) is 11.7 Å². The summed E-state index contributed by atoms with van der Waals surface area (Å²) in [5.41, 5.74) is 1.94. The highest BCUT2D eigenvalue weighted by atomic mass is 19.1. The first-order valence-electron chi connectivity index (χ1n) is 10.2. The lowest BCUT2D eigenvalue weighted by Crippen LogP contribution is -2.49. The van der Waals surface area contributed by atoms with E-state index in [0.29, 0.717) is 48.7 Å². The second-order valence-electron chi connectivity index (χ2n) is 7.85. The number of benzene rings is 2. The third-order valence-electron chi connectivity index (χ3n) is 5.59. The van der Waals surface area contributed by atoms with E-state index in [2.05, 4.69) is 5.32 Å². The number of anilines is 2. The van der Waals surface area contributed by atoms with Crippen molar-refractivity contribution in [2.75, 3.05) is 36.4 Å². The second-order valence-corrected chi connectivity index (χ2v) is 7.85. The fourth-order valence-corrected chi connectivity index (χ4v) is 3.64. The number of piperazine rings is 1. The van der Waals surface area contributed by atoms with Crippen LogP contribution in [0.15, 0.2) is 42.5 Å². The molecule has 1 saturated heterocycles. The third kappa shape index (κ3) is 4.35. The molecule has 2 fully saturated rings. The summed E-state index contributed by atoms with van der Waals surface area (Å²) in [4.78, 5) is 39.9. The zero-order valence-electron chi connectivity index (χ0n) is 16.9. The van der Waals surface area contributed by atoms with E-state index in [4.69, 9.17) is 0 Å². The van der Waals surface area contributed by atoms with Crippen LogP contribution < -0.4 is 10.2 Å². The van der Waals surface area contributed by atoms with E-state index in [1.165, 1.54) is 13.0 Å². The summed E-state index contributed by atoms with van der Waals surface area (Å²) in [5.74, 6) is -0.606. The number of hydrogen-bond donors (Lipinski definition) is 1. The maximum Gasteiger partial charge on any atom is 0.254 e. The number of ketones is 1. The van der Waals surface area contributed by atoms with Gasteiger partial charge in [-0.2, -0.15) is 0 Å². The van der Waals surface area contributed by atoms with E-state index in [1.807, 2.05) is 4.90 Å². The molecule has 0 spiro atoms. The van der Waals surface area contributed by atoms with E-state index >= 15 is 0 Å². The molecule has 1 N–H and O–H groups in total. The summed E-state index contributed by atoms with van der Waals surface area (Å²) < 4.78 is 14.4. The van der Waals surface area contributed by atoms with Gasteiger partial charge in [0.05, 0.1) is 5.69 Å². The van der Waals surface area contributed by atoms with Crippen LogP contribution in [0.2, 0.25) is 0 Å². The van der Waals surface area contributed by atoms with Crippen molar-refractivity contribution in [1.82, 2.24) is 4.90 Å². The predicted octanol–water partition coefficient (Wildman–Crippen LogP) is 3.34. The number of Topliss-reactive ketones (excluding diaryl/α,β-unsaturated/α-hetero) is 1. The van der Waals surface area contributed by atoms with Crippen LogP contribution in [0.25, 0.3) is 0 Å². The second kappa shape index (κ2) is 8.26. The molecule has 0 atom stereocenters. The van der Waals surface area contributed by atoms with Gasteiger partial charge in [0.1, 0.15) is 5.82 Å². The highest BCUT2D eigenvalue weighted by Gasteiger charge is 2.30. The van der Waals surface area contributed by atoms with Crippen LogP contribution in [0.1, 0.15) is 40.5 Å². The topological polar surface area (TPSA) is 69.7 Å². The number of carbonyl (C=O) groups excluding carboxylic acids is 3. The molecule has 0 aromatic heterocycles. The van der Waals surface area contributed by atoms with Crippen LogP contribution in [0.4, 0.5) is 15.8 Å². The lowest BCUT2D eigenvalue weighted by molar-refractivity contribution is -0.117. The van der Waals surface area contributed by atoms with Gasteiger partial charge in [-0.15, -0.1) is 0 Å². The molecule has 0 radical (unpaired) electrons. The van der Waals surface area contributed by atoms with E-state index in [0.717, 1.165) is 12.8 Å². The molecule has 0 unspecified atom stereocenters. The van der Waals surface area contributed by atoms with Gasteiger partial charge < -0.3 is 15.1 Å². The molecule has 30 heavy (non-hydrogen) atoms. The van der Waals surface area contributed by atoms with E-state index in [9.17, 15) is 18.8 Å². The Morgan fingerprint density at radius 2 is 1.70 bits per heavy atom. The van der Waals surface area contributed by atoms with Crippen molar-refractivity contribution in [3.63, 3.8) is 0 Å². The Kier molecular flexibility index (Phi) is 5.53. The number of nitrogens with one attached hydrogen (secondary N) is 1. The summed E-state index contributed by atoms with van der Waals surface area (Å²) in [7, 11) is 0. The monoisotopic (exact) mass is 409 g/mol. The maximum absolute atomic E-state index is 14.4. The number of carbonyl (C=O) groups is 3. The maximum atomic E-state index is 14.4. The minimum absolute atomic E-state index is 0.00558. The molecular formula is C23H24FN3O3. The molecule has 2 aromatic rings. The van der Waals surface area contributed by atoms with Crippen molar-refractivity contribution in [3.05, 3.63) is 59.4 Å². The fourth-order valence-electron chi connectivity index (χ4n) is 3.64. The summed E-state index contributed by atoms with van der Waals surface area (Å²) in [6.07, 6.45) is 1.85. The molecule has 1 saturated carbocycles. The smallest absolute Gasteiger partial charge is 0.254 e. The van der Waals surface area contributed by atoms with Crippen molar-refractivity contribution in [1.29, 1.82) is 0 Å². The van der Waals surface area contributed by atoms with Gasteiger partial charge in [0.2, 0.25) is 5.91 Å². The fraction of sp³-hybridized carbons (Fsp3) is 0.348. The molecule has 1 heterocycles. The number of amides is 2. The molecule has 156 valence electrons. The van der Waals surface area contributed by atoms with Crippen molar-refractivity contribution >= 4 is 29.0 Å². The summed E-state index contributed by atoms with van der Waals surface area (Å²) >= 11 is 0. The van der Waals surface area contributed by atoms with Crippen LogP contribution >= 0.6 is 0 Å². The van der Waals surface area contributed by atoms with Gasteiger partial charge in [0.25, 0.3) is 5.91 Å². The molecule has 2 amide bonds. The number of halogens is 1. The number of nitrogens with zero attached hydrogens (tertiary/aromatic N) is 2. The largest absolute Gasteiger partial charge is 0.366 e. The molecule has 1 aliphatic heterocycles. The minimum Gasteiger partial charge on any atom is -0.366 e. The van der Waals surface area contributed by atoms with Crippen molar-refractivity contribution < 1.29 is 18.8 Å². The summed E-state index contributed by atoms with van der Waals surface area (Å²) in [6.45, 7) is 3.34. The summed E-state index contributed by atoms with van der Waals surface area (Å²) in [6, 6.07) is 11.5. The average Bonchev–Trinajstić information content (AvgIpc) is 3.59. The molecule has 6 nitrogen and oxygen atoms in total. The lowest BCUT2D eigenvalue weighted by Gasteiger charge is -2.36. The Bertz CT molecular complexity index is 995. The first-order chi connectivity index (χ1) is 14.4. The SMILES string of the molecule is CC(=O)c1ccc(N2CCN(C(=O)c3cccc(NC(=O)C4CC4)c3)CC2)c(F)c1. The van der Waals surface area contributed by atoms with Gasteiger partial charge in [0, 0.05) is 48.9 Å². The van der Waals surface area contributed by atoms with E-state index < -0.39 is 5.82 Å². The molecule has 0 bridgehead atoms. The first-order valence-corrected chi connectivity index (χ1v) is 10.2. The van der Waals surface area contributed by atoms with Crippen LogP contribution in [-0.2, 0) is 4.79 Å².